The first-order chi connectivity index (χ1) is 16.9. The summed E-state index contributed by atoms with van der Waals surface area (Å²) in [6, 6.07) is 16.2. The number of fused-ring (bicyclic) bond motifs is 1. The van der Waals surface area contributed by atoms with E-state index in [0.717, 1.165) is 5.56 Å². The van der Waals surface area contributed by atoms with Gasteiger partial charge in [-0.3, -0.25) is 9.59 Å². The Labute approximate surface area is 201 Å². The van der Waals surface area contributed by atoms with Gasteiger partial charge in [0.1, 0.15) is 11.6 Å². The summed E-state index contributed by atoms with van der Waals surface area (Å²) in [5.74, 6) is -1.09. The molecule has 2 amide bonds. The summed E-state index contributed by atoms with van der Waals surface area (Å²) in [5, 5.41) is 2.82. The number of carbonyl (C=O) groups excluding carboxylic acids is 2. The number of hydrogen-bond donors (Lipinski definition) is 1. The molecule has 1 aliphatic heterocycles. The summed E-state index contributed by atoms with van der Waals surface area (Å²) in [7, 11) is 0. The minimum atomic E-state index is -0.314. The van der Waals surface area contributed by atoms with Gasteiger partial charge in [-0.15, -0.1) is 0 Å². The van der Waals surface area contributed by atoms with Crippen LogP contribution >= 0.6 is 0 Å². The van der Waals surface area contributed by atoms with E-state index in [9.17, 15) is 18.4 Å². The Hall–Kier alpha value is -4.07. The maximum Gasteiger partial charge on any atom is 0.254 e. The van der Waals surface area contributed by atoms with E-state index in [1.54, 1.807) is 53.7 Å². The minimum absolute atomic E-state index is 0.0615. The predicted octanol–water partition coefficient (Wildman–Crippen LogP) is 4.95. The standard InChI is InChI=1S/C27H24F2N4O2/c1-17(34)31-25-13-20(27(35)32-11-10-19(15-32)22-4-2-3-5-23(22)29)12-24-26(25)33(16-30-24)14-18-6-8-21(28)9-7-18/h2-9,12-13,16,19H,10-11,14-15H2,1H3,(H,31,34). The molecular weight excluding hydrogens is 450 g/mol. The molecule has 1 aromatic heterocycles. The third kappa shape index (κ3) is 4.64. The largest absolute Gasteiger partial charge is 0.338 e. The molecule has 8 heteroatoms. The zero-order valence-electron chi connectivity index (χ0n) is 19.2. The van der Waals surface area contributed by atoms with Crippen molar-refractivity contribution in [2.24, 2.45) is 0 Å². The summed E-state index contributed by atoms with van der Waals surface area (Å²) in [5.41, 5.74) is 3.61. The molecule has 2 heterocycles. The Bertz CT molecular complexity index is 1410. The molecule has 178 valence electrons. The fraction of sp³-hybridized carbons (Fsp3) is 0.222. The molecule has 0 bridgehead atoms. The number of nitrogens with one attached hydrogen (secondary N) is 1. The summed E-state index contributed by atoms with van der Waals surface area (Å²) in [6.45, 7) is 2.77. The number of halogens is 2. The minimum Gasteiger partial charge on any atom is -0.338 e. The number of anilines is 1. The van der Waals surface area contributed by atoms with Crippen LogP contribution in [0.2, 0.25) is 0 Å². The smallest absolute Gasteiger partial charge is 0.254 e. The lowest BCUT2D eigenvalue weighted by atomic mass is 9.98. The maximum atomic E-state index is 14.2. The zero-order chi connectivity index (χ0) is 24.5. The number of rotatable bonds is 5. The Morgan fingerprint density at radius 2 is 1.86 bits per heavy atom. The molecule has 5 rings (SSSR count). The molecule has 1 N–H and O–H groups in total. The van der Waals surface area contributed by atoms with Gasteiger partial charge in [0, 0.05) is 38.0 Å². The molecule has 0 aliphatic carbocycles. The van der Waals surface area contributed by atoms with Crippen molar-refractivity contribution in [3.8, 4) is 0 Å². The third-order valence-corrected chi connectivity index (χ3v) is 6.36. The average molecular weight is 475 g/mol. The Morgan fingerprint density at radius 3 is 2.60 bits per heavy atom. The molecule has 6 nitrogen and oxygen atoms in total. The van der Waals surface area contributed by atoms with Crippen molar-refractivity contribution >= 4 is 28.5 Å². The van der Waals surface area contributed by atoms with Crippen LogP contribution in [0.1, 0.15) is 40.7 Å². The quantitative estimate of drug-likeness (QED) is 0.445. The van der Waals surface area contributed by atoms with Crippen LogP contribution in [-0.2, 0) is 11.3 Å². The van der Waals surface area contributed by atoms with Gasteiger partial charge < -0.3 is 14.8 Å². The maximum absolute atomic E-state index is 14.2. The van der Waals surface area contributed by atoms with Gasteiger partial charge in [0.25, 0.3) is 5.91 Å². The fourth-order valence-electron chi connectivity index (χ4n) is 4.71. The number of amides is 2. The molecule has 1 aliphatic rings. The number of likely N-dealkylation sites (tertiary alicyclic amines) is 1. The lowest BCUT2D eigenvalue weighted by Crippen LogP contribution is -2.28. The van der Waals surface area contributed by atoms with Gasteiger partial charge in [0.15, 0.2) is 0 Å². The van der Waals surface area contributed by atoms with Gasteiger partial charge in [-0.25, -0.2) is 13.8 Å². The summed E-state index contributed by atoms with van der Waals surface area (Å²) in [4.78, 5) is 31.5. The number of imidazole rings is 1. The second kappa shape index (κ2) is 9.29. The molecule has 35 heavy (non-hydrogen) atoms. The van der Waals surface area contributed by atoms with E-state index >= 15 is 0 Å². The van der Waals surface area contributed by atoms with Crippen LogP contribution in [0, 0.1) is 11.6 Å². The molecule has 1 unspecified atom stereocenters. The number of nitrogens with zero attached hydrogens (tertiary/aromatic N) is 3. The van der Waals surface area contributed by atoms with Crippen LogP contribution < -0.4 is 5.32 Å². The molecule has 1 saturated heterocycles. The second-order valence-corrected chi connectivity index (χ2v) is 8.83. The van der Waals surface area contributed by atoms with Gasteiger partial charge in [-0.05, 0) is 47.9 Å². The third-order valence-electron chi connectivity index (χ3n) is 6.36. The fourth-order valence-corrected chi connectivity index (χ4v) is 4.71. The van der Waals surface area contributed by atoms with Crippen LogP contribution in [0.3, 0.4) is 0 Å². The number of benzene rings is 3. The second-order valence-electron chi connectivity index (χ2n) is 8.83. The van der Waals surface area contributed by atoms with Crippen LogP contribution in [0.15, 0.2) is 67.0 Å². The summed E-state index contributed by atoms with van der Waals surface area (Å²) >= 11 is 0. The molecular formula is C27H24F2N4O2. The average Bonchev–Trinajstić information content (AvgIpc) is 3.48. The molecule has 4 aromatic rings. The van der Waals surface area contributed by atoms with Gasteiger partial charge in [-0.2, -0.15) is 0 Å². The summed E-state index contributed by atoms with van der Waals surface area (Å²) in [6.07, 6.45) is 2.32. The first-order valence-electron chi connectivity index (χ1n) is 11.4. The van der Waals surface area contributed by atoms with Crippen LogP contribution in [0.4, 0.5) is 14.5 Å². The highest BCUT2D eigenvalue weighted by Crippen LogP contribution is 2.32. The van der Waals surface area contributed by atoms with Crippen molar-refractivity contribution in [2.75, 3.05) is 18.4 Å². The molecule has 1 atom stereocenters. The highest BCUT2D eigenvalue weighted by Gasteiger charge is 2.30. The summed E-state index contributed by atoms with van der Waals surface area (Å²) < 4.78 is 29.4. The van der Waals surface area contributed by atoms with Crippen molar-refractivity contribution in [3.63, 3.8) is 0 Å². The number of hydrogen-bond acceptors (Lipinski definition) is 3. The molecule has 0 spiro atoms. The van der Waals surface area contributed by atoms with E-state index in [-0.39, 0.29) is 29.4 Å². The lowest BCUT2D eigenvalue weighted by Gasteiger charge is -2.18. The van der Waals surface area contributed by atoms with E-state index in [4.69, 9.17) is 0 Å². The van der Waals surface area contributed by atoms with Crippen molar-refractivity contribution in [2.45, 2.75) is 25.8 Å². The van der Waals surface area contributed by atoms with E-state index in [1.807, 2.05) is 4.57 Å². The van der Waals surface area contributed by atoms with Crippen molar-refractivity contribution in [3.05, 3.63) is 95.3 Å². The molecule has 3 aromatic carbocycles. The van der Waals surface area contributed by atoms with Gasteiger partial charge in [0.05, 0.1) is 23.0 Å². The number of carbonyl (C=O) groups is 2. The van der Waals surface area contributed by atoms with E-state index in [0.29, 0.717) is 53.9 Å². The SMILES string of the molecule is CC(=O)Nc1cc(C(=O)N2CCC(c3ccccc3F)C2)cc2ncn(Cc3ccc(F)cc3)c12. The molecule has 0 radical (unpaired) electrons. The van der Waals surface area contributed by atoms with Crippen molar-refractivity contribution in [1.82, 2.24) is 14.5 Å². The molecule has 1 fully saturated rings. The Morgan fingerprint density at radius 1 is 1.09 bits per heavy atom. The van der Waals surface area contributed by atoms with Crippen LogP contribution in [0.25, 0.3) is 11.0 Å². The normalized spacial score (nSPS) is 15.5. The van der Waals surface area contributed by atoms with Gasteiger partial charge in [-0.1, -0.05) is 30.3 Å². The highest BCUT2D eigenvalue weighted by atomic mass is 19.1. The monoisotopic (exact) mass is 474 g/mol. The van der Waals surface area contributed by atoms with Crippen molar-refractivity contribution in [1.29, 1.82) is 0 Å². The Kier molecular flexibility index (Phi) is 6.03. The van der Waals surface area contributed by atoms with Crippen LogP contribution in [0.5, 0.6) is 0 Å². The first kappa shape index (κ1) is 22.7. The van der Waals surface area contributed by atoms with Gasteiger partial charge in [0.2, 0.25) is 5.91 Å². The van der Waals surface area contributed by atoms with E-state index in [2.05, 4.69) is 10.3 Å². The van der Waals surface area contributed by atoms with E-state index in [1.165, 1.54) is 25.1 Å². The van der Waals surface area contributed by atoms with Gasteiger partial charge >= 0.3 is 0 Å². The Balaban J connectivity index is 1.44. The topological polar surface area (TPSA) is 67.2 Å². The zero-order valence-corrected chi connectivity index (χ0v) is 19.2. The highest BCUT2D eigenvalue weighted by molar-refractivity contribution is 6.05. The first-order valence-corrected chi connectivity index (χ1v) is 11.4. The lowest BCUT2D eigenvalue weighted by molar-refractivity contribution is -0.114. The predicted molar refractivity (Wildman–Crippen MR) is 129 cm³/mol. The van der Waals surface area contributed by atoms with E-state index < -0.39 is 0 Å². The molecule has 0 saturated carbocycles. The van der Waals surface area contributed by atoms with Crippen LogP contribution in [-0.4, -0.2) is 39.4 Å². The number of aromatic nitrogens is 2. The van der Waals surface area contributed by atoms with Crippen molar-refractivity contribution < 1.29 is 18.4 Å².